The Morgan fingerprint density at radius 2 is 1.89 bits per heavy atom. The van der Waals surface area contributed by atoms with Crippen LogP contribution in [0.4, 0.5) is 9.18 Å². The number of benzene rings is 1. The smallest absolute Gasteiger partial charge is 0.410 e. The third-order valence-corrected chi connectivity index (χ3v) is 5.92. The van der Waals surface area contributed by atoms with E-state index in [1.54, 1.807) is 17.9 Å². The number of ether oxygens (including phenoxy) is 1. The zero-order chi connectivity index (χ0) is 19.7. The average molecular weight is 384 g/mol. The van der Waals surface area contributed by atoms with Gasteiger partial charge in [0.2, 0.25) is 0 Å². The Morgan fingerprint density at radius 3 is 2.54 bits per heavy atom. The Kier molecular flexibility index (Phi) is 5.06. The molecule has 0 radical (unpaired) electrons. The van der Waals surface area contributed by atoms with E-state index in [1.165, 1.54) is 6.07 Å². The minimum atomic E-state index is -1.15. The first-order valence-electron chi connectivity index (χ1n) is 9.81. The minimum Gasteiger partial charge on any atom is -0.445 e. The molecule has 0 saturated carbocycles. The highest BCUT2D eigenvalue weighted by atomic mass is 19.1. The summed E-state index contributed by atoms with van der Waals surface area (Å²) in [6.45, 7) is 1.83. The van der Waals surface area contributed by atoms with Gasteiger partial charge in [-0.15, -0.1) is 0 Å². The number of aromatic nitrogens is 1. The van der Waals surface area contributed by atoms with Crippen molar-refractivity contribution >= 4 is 6.09 Å². The molecule has 4 rings (SSSR count). The quantitative estimate of drug-likeness (QED) is 0.867. The molecule has 0 aliphatic carbocycles. The Morgan fingerprint density at radius 1 is 1.21 bits per heavy atom. The van der Waals surface area contributed by atoms with E-state index in [4.69, 9.17) is 4.74 Å². The molecule has 2 fully saturated rings. The fourth-order valence-electron chi connectivity index (χ4n) is 4.53. The second kappa shape index (κ2) is 7.51. The normalized spacial score (nSPS) is 26.8. The lowest BCUT2D eigenvalue weighted by Gasteiger charge is -2.51. The molecule has 0 spiro atoms. The summed E-state index contributed by atoms with van der Waals surface area (Å²) < 4.78 is 19.2. The lowest BCUT2D eigenvalue weighted by atomic mass is 9.74. The molecule has 2 saturated heterocycles. The van der Waals surface area contributed by atoms with E-state index in [0.29, 0.717) is 18.5 Å². The van der Waals surface area contributed by atoms with Crippen molar-refractivity contribution in [1.29, 1.82) is 0 Å². The molecule has 2 aromatic rings. The van der Waals surface area contributed by atoms with E-state index in [2.05, 4.69) is 4.98 Å². The van der Waals surface area contributed by atoms with E-state index in [9.17, 15) is 14.3 Å². The highest BCUT2D eigenvalue weighted by molar-refractivity contribution is 5.69. The molecular formula is C22H25FN2O3. The Hall–Kier alpha value is -2.47. The van der Waals surface area contributed by atoms with Gasteiger partial charge in [-0.3, -0.25) is 4.98 Å². The van der Waals surface area contributed by atoms with Crippen LogP contribution in [-0.2, 0) is 16.9 Å². The summed E-state index contributed by atoms with van der Waals surface area (Å²) >= 11 is 0. The molecular weight excluding hydrogens is 359 g/mol. The van der Waals surface area contributed by atoms with Gasteiger partial charge in [0.1, 0.15) is 18.0 Å². The predicted molar refractivity (Wildman–Crippen MR) is 102 cm³/mol. The van der Waals surface area contributed by atoms with E-state index >= 15 is 0 Å². The van der Waals surface area contributed by atoms with Crippen molar-refractivity contribution in [2.45, 2.75) is 63.3 Å². The highest BCUT2D eigenvalue weighted by Gasteiger charge is 2.49. The molecule has 6 heteroatoms. The third kappa shape index (κ3) is 3.61. The Balaban J connectivity index is 1.50. The molecule has 1 aromatic carbocycles. The van der Waals surface area contributed by atoms with Crippen molar-refractivity contribution in [1.82, 2.24) is 9.88 Å². The topological polar surface area (TPSA) is 62.7 Å². The lowest BCUT2D eigenvalue weighted by Crippen LogP contribution is -2.59. The number of carbonyl (C=O) groups is 1. The van der Waals surface area contributed by atoms with Crippen LogP contribution in [0.1, 0.15) is 49.1 Å². The van der Waals surface area contributed by atoms with Crippen LogP contribution in [0.3, 0.4) is 0 Å². The zero-order valence-corrected chi connectivity index (χ0v) is 16.0. The number of rotatable bonds is 3. The number of hydrogen-bond donors (Lipinski definition) is 1. The van der Waals surface area contributed by atoms with Crippen LogP contribution in [0.2, 0.25) is 0 Å². The molecule has 3 heterocycles. The maximum absolute atomic E-state index is 13.6. The molecule has 2 bridgehead atoms. The zero-order valence-electron chi connectivity index (χ0n) is 16.0. The maximum Gasteiger partial charge on any atom is 0.410 e. The lowest BCUT2D eigenvalue weighted by molar-refractivity contribution is -0.0919. The minimum absolute atomic E-state index is 0.104. The maximum atomic E-state index is 13.6. The number of hydrogen-bond acceptors (Lipinski definition) is 4. The van der Waals surface area contributed by atoms with Crippen LogP contribution in [0.5, 0.6) is 0 Å². The summed E-state index contributed by atoms with van der Waals surface area (Å²) in [5, 5.41) is 11.3. The molecule has 2 unspecified atom stereocenters. The van der Waals surface area contributed by atoms with E-state index in [0.717, 1.165) is 24.8 Å². The van der Waals surface area contributed by atoms with Crippen LogP contribution < -0.4 is 0 Å². The van der Waals surface area contributed by atoms with Crippen LogP contribution in [0.25, 0.3) is 0 Å². The van der Waals surface area contributed by atoms with Crippen molar-refractivity contribution < 1.29 is 19.0 Å². The van der Waals surface area contributed by atoms with Gasteiger partial charge in [-0.1, -0.05) is 30.3 Å². The first kappa shape index (κ1) is 18.9. The van der Waals surface area contributed by atoms with Gasteiger partial charge in [0.05, 0.1) is 11.4 Å². The standard InChI is InChI=1S/C22H25FN2O3/c1-15-19(23)10-11-20(24-15)22(27)12-17-8-5-9-18(13-22)25(17)21(26)28-14-16-6-3-2-4-7-16/h2-4,6-7,10-11,17-18,27H,5,8-9,12-14H2,1H3. The number of halogens is 1. The number of piperidine rings is 2. The van der Waals surface area contributed by atoms with Gasteiger partial charge in [-0.05, 0) is 43.9 Å². The summed E-state index contributed by atoms with van der Waals surface area (Å²) in [5.41, 5.74) is 0.562. The fraction of sp³-hybridized carbons (Fsp3) is 0.455. The Labute approximate surface area is 164 Å². The van der Waals surface area contributed by atoms with Crippen molar-refractivity contribution in [2.75, 3.05) is 0 Å². The van der Waals surface area contributed by atoms with Crippen LogP contribution >= 0.6 is 0 Å². The van der Waals surface area contributed by atoms with Gasteiger partial charge in [-0.25, -0.2) is 9.18 Å². The second-order valence-corrected chi connectivity index (χ2v) is 7.89. The summed E-state index contributed by atoms with van der Waals surface area (Å²) in [7, 11) is 0. The van der Waals surface area contributed by atoms with Crippen molar-refractivity contribution in [3.63, 3.8) is 0 Å². The molecule has 148 valence electrons. The molecule has 2 aliphatic heterocycles. The van der Waals surface area contributed by atoms with E-state index in [-0.39, 0.29) is 36.3 Å². The molecule has 5 nitrogen and oxygen atoms in total. The Bertz CT molecular complexity index is 844. The van der Waals surface area contributed by atoms with Crippen molar-refractivity contribution in [3.8, 4) is 0 Å². The van der Waals surface area contributed by atoms with Crippen LogP contribution in [0, 0.1) is 12.7 Å². The summed E-state index contributed by atoms with van der Waals surface area (Å²) in [6, 6.07) is 12.3. The summed E-state index contributed by atoms with van der Waals surface area (Å²) in [6.07, 6.45) is 3.11. The summed E-state index contributed by atoms with van der Waals surface area (Å²) in [5.74, 6) is -0.380. The number of aryl methyl sites for hydroxylation is 1. The van der Waals surface area contributed by atoms with Gasteiger partial charge in [0, 0.05) is 24.9 Å². The molecule has 1 aromatic heterocycles. The number of carbonyl (C=O) groups excluding carboxylic acids is 1. The van der Waals surface area contributed by atoms with Gasteiger partial charge in [0.15, 0.2) is 0 Å². The number of amides is 1. The van der Waals surface area contributed by atoms with Crippen molar-refractivity contribution in [2.24, 2.45) is 0 Å². The van der Waals surface area contributed by atoms with Gasteiger partial charge in [0.25, 0.3) is 0 Å². The largest absolute Gasteiger partial charge is 0.445 e. The van der Waals surface area contributed by atoms with Gasteiger partial charge < -0.3 is 14.7 Å². The first-order valence-corrected chi connectivity index (χ1v) is 9.81. The SMILES string of the molecule is Cc1nc(C2(O)CC3CCCC(C2)N3C(=O)OCc2ccccc2)ccc1F. The van der Waals surface area contributed by atoms with Crippen LogP contribution in [-0.4, -0.2) is 33.2 Å². The monoisotopic (exact) mass is 384 g/mol. The molecule has 2 atom stereocenters. The number of aliphatic hydroxyl groups is 1. The molecule has 1 N–H and O–H groups in total. The number of fused-ring (bicyclic) bond motifs is 2. The fourth-order valence-corrected chi connectivity index (χ4v) is 4.53. The van der Waals surface area contributed by atoms with E-state index in [1.807, 2.05) is 30.3 Å². The average Bonchev–Trinajstić information content (AvgIpc) is 2.68. The molecule has 2 aliphatic rings. The number of nitrogens with zero attached hydrogens (tertiary/aromatic N) is 2. The highest BCUT2D eigenvalue weighted by Crippen LogP contribution is 2.44. The van der Waals surface area contributed by atoms with E-state index < -0.39 is 5.60 Å². The van der Waals surface area contributed by atoms with Gasteiger partial charge >= 0.3 is 6.09 Å². The van der Waals surface area contributed by atoms with Crippen LogP contribution in [0.15, 0.2) is 42.5 Å². The second-order valence-electron chi connectivity index (χ2n) is 7.89. The predicted octanol–water partition coefficient (Wildman–Crippen LogP) is 4.07. The van der Waals surface area contributed by atoms with Crippen molar-refractivity contribution in [3.05, 3.63) is 65.2 Å². The third-order valence-electron chi connectivity index (χ3n) is 5.92. The molecule has 28 heavy (non-hydrogen) atoms. The first-order chi connectivity index (χ1) is 13.5. The number of pyridine rings is 1. The van der Waals surface area contributed by atoms with Gasteiger partial charge in [-0.2, -0.15) is 0 Å². The summed E-state index contributed by atoms with van der Waals surface area (Å²) in [4.78, 5) is 18.9. The molecule has 1 amide bonds.